The van der Waals surface area contributed by atoms with E-state index in [1.807, 2.05) is 100 Å². The van der Waals surface area contributed by atoms with Gasteiger partial charge in [0.05, 0.1) is 25.6 Å². The second kappa shape index (κ2) is 18.3. The summed E-state index contributed by atoms with van der Waals surface area (Å²) in [5.74, 6) is 0.442. The number of carbonyl (C=O) groups excluding carboxylic acids is 3. The van der Waals surface area contributed by atoms with E-state index in [4.69, 9.17) is 32.8 Å². The lowest BCUT2D eigenvalue weighted by molar-refractivity contribution is -0.188. The molecule has 58 heavy (non-hydrogen) atoms. The minimum absolute atomic E-state index is 0.0857. The Hall–Kier alpha value is -5.00. The first-order valence-corrected chi connectivity index (χ1v) is 19.8. The van der Waals surface area contributed by atoms with Crippen LogP contribution in [0.25, 0.3) is 33.6 Å². The second-order valence-corrected chi connectivity index (χ2v) is 15.7. The van der Waals surface area contributed by atoms with Crippen LogP contribution in [0.5, 0.6) is 0 Å². The van der Waals surface area contributed by atoms with Gasteiger partial charge in [0.1, 0.15) is 35.8 Å². The minimum Gasteiger partial charge on any atom is -0.453 e. The normalized spacial score (nSPS) is 18.8. The molecule has 0 spiro atoms. The van der Waals surface area contributed by atoms with Gasteiger partial charge in [0.25, 0.3) is 11.8 Å². The number of nitrogens with one attached hydrogen (secondary N) is 3. The summed E-state index contributed by atoms with van der Waals surface area (Å²) in [7, 11) is 6.34. The number of ether oxygens (including phenoxy) is 1. The molecule has 2 aliphatic rings. The molecule has 6 rings (SSSR count). The van der Waals surface area contributed by atoms with Crippen molar-refractivity contribution in [3.05, 3.63) is 70.5 Å². The Kier molecular flexibility index (Phi) is 13.4. The van der Waals surface area contributed by atoms with Crippen molar-refractivity contribution < 1.29 is 28.9 Å². The lowest BCUT2D eigenvalue weighted by atomic mass is 10.0. The standard InChI is InChI=1S/C40H50Cl2N10O6/c1-22(2)30(43-21-58-57-8)38(53)51-28(17-19-49(51)5)36-44-32(34(41)47-36)26-13-9-24(10-14-26)25-11-15-27(16-12-25)33-35(42)48-37(45-33)29-18-20-50(6)52(29)39(54)31(23(3)4)46-40(55)56-7/h9-16,21-23,28-31H,17-20H2,1-8H3,(H,44,47)(H,45,48)(H,46,55)/b43-21-/t28-,29-,30-,31-/m0/s1. The molecule has 0 aliphatic carbocycles. The summed E-state index contributed by atoms with van der Waals surface area (Å²) in [5, 5.41) is 10.3. The van der Waals surface area contributed by atoms with E-state index in [9.17, 15) is 14.4 Å². The summed E-state index contributed by atoms with van der Waals surface area (Å²) in [6, 6.07) is 13.7. The van der Waals surface area contributed by atoms with Gasteiger partial charge >= 0.3 is 6.09 Å². The van der Waals surface area contributed by atoms with Crippen LogP contribution in [0.3, 0.4) is 0 Å². The monoisotopic (exact) mass is 836 g/mol. The number of aromatic amines is 2. The zero-order valence-electron chi connectivity index (χ0n) is 33.8. The van der Waals surface area contributed by atoms with E-state index in [0.717, 1.165) is 28.7 Å². The van der Waals surface area contributed by atoms with E-state index in [1.165, 1.54) is 14.2 Å². The maximum atomic E-state index is 13.8. The summed E-state index contributed by atoms with van der Waals surface area (Å²) in [5.41, 5.74) is 4.94. The smallest absolute Gasteiger partial charge is 0.407 e. The van der Waals surface area contributed by atoms with Crippen LogP contribution in [0.15, 0.2) is 53.5 Å². The molecule has 2 saturated heterocycles. The molecule has 18 heteroatoms. The fourth-order valence-corrected chi connectivity index (χ4v) is 7.93. The molecule has 0 radical (unpaired) electrons. The molecule has 0 unspecified atom stereocenters. The number of methoxy groups -OCH3 is 1. The molecule has 2 fully saturated rings. The summed E-state index contributed by atoms with van der Waals surface area (Å²) in [4.78, 5) is 69.3. The van der Waals surface area contributed by atoms with Crippen molar-refractivity contribution in [3.8, 4) is 33.6 Å². The third-order valence-electron chi connectivity index (χ3n) is 10.5. The van der Waals surface area contributed by atoms with Crippen LogP contribution in [0.4, 0.5) is 4.79 Å². The molecule has 4 heterocycles. The van der Waals surface area contributed by atoms with Gasteiger partial charge in [-0.2, -0.15) is 4.89 Å². The maximum Gasteiger partial charge on any atom is 0.407 e. The van der Waals surface area contributed by atoms with Gasteiger partial charge in [0.2, 0.25) is 6.40 Å². The van der Waals surface area contributed by atoms with Gasteiger partial charge in [-0.1, -0.05) is 99.4 Å². The van der Waals surface area contributed by atoms with E-state index in [1.54, 1.807) is 10.0 Å². The van der Waals surface area contributed by atoms with Gasteiger partial charge in [-0.15, -0.1) is 0 Å². The highest BCUT2D eigenvalue weighted by Crippen LogP contribution is 2.38. The topological polar surface area (TPSA) is 174 Å². The molecule has 310 valence electrons. The Balaban J connectivity index is 1.17. The Labute approximate surface area is 347 Å². The van der Waals surface area contributed by atoms with E-state index in [-0.39, 0.29) is 29.7 Å². The SMILES string of the molecule is COO/C=N\[C@H](C(=O)N1[C@H](c2nc(Cl)c(-c3ccc(-c4ccc(-c5[nH]c([C@@H]6CCN(C)N6C(=O)[C@@H](NC(=O)OC)C(C)C)nc5Cl)cc4)cc3)[nH]2)CCN1C)C(C)C. The van der Waals surface area contributed by atoms with Crippen LogP contribution >= 0.6 is 23.2 Å². The number of amides is 3. The first kappa shape index (κ1) is 42.6. The highest BCUT2D eigenvalue weighted by atomic mass is 35.5. The number of carbonyl (C=O) groups is 3. The van der Waals surface area contributed by atoms with Crippen LogP contribution in [-0.2, 0) is 24.1 Å². The molecule has 4 atom stereocenters. The van der Waals surface area contributed by atoms with Crippen molar-refractivity contribution in [2.24, 2.45) is 16.8 Å². The highest BCUT2D eigenvalue weighted by molar-refractivity contribution is 6.32. The van der Waals surface area contributed by atoms with Gasteiger partial charge < -0.3 is 24.9 Å². The number of benzene rings is 2. The number of H-pyrrole nitrogens is 2. The molecule has 3 N–H and O–H groups in total. The summed E-state index contributed by atoms with van der Waals surface area (Å²) >= 11 is 13.4. The summed E-state index contributed by atoms with van der Waals surface area (Å²) in [6.45, 7) is 8.86. The Morgan fingerprint density at radius 1 is 0.759 bits per heavy atom. The zero-order valence-corrected chi connectivity index (χ0v) is 35.3. The highest BCUT2D eigenvalue weighted by Gasteiger charge is 2.42. The summed E-state index contributed by atoms with van der Waals surface area (Å²) in [6.07, 6.45) is 1.77. The van der Waals surface area contributed by atoms with Gasteiger partial charge in [0.15, 0.2) is 10.3 Å². The van der Waals surface area contributed by atoms with Crippen molar-refractivity contribution in [1.29, 1.82) is 0 Å². The van der Waals surface area contributed by atoms with Crippen LogP contribution in [0, 0.1) is 11.8 Å². The Morgan fingerprint density at radius 2 is 1.21 bits per heavy atom. The minimum atomic E-state index is -0.787. The predicted molar refractivity (Wildman–Crippen MR) is 220 cm³/mol. The molecule has 2 aliphatic heterocycles. The second-order valence-electron chi connectivity index (χ2n) is 15.0. The van der Waals surface area contributed by atoms with Crippen molar-refractivity contribution in [2.45, 2.75) is 64.7 Å². The Bertz CT molecular complexity index is 2100. The third-order valence-corrected chi connectivity index (χ3v) is 11.1. The van der Waals surface area contributed by atoms with Crippen LogP contribution in [0.2, 0.25) is 10.3 Å². The quantitative estimate of drug-likeness (QED) is 0.0570. The van der Waals surface area contributed by atoms with E-state index >= 15 is 0 Å². The number of imidazole rings is 2. The zero-order chi connectivity index (χ0) is 41.8. The third kappa shape index (κ3) is 8.85. The molecule has 2 aromatic heterocycles. The average molecular weight is 838 g/mol. The maximum absolute atomic E-state index is 13.8. The number of nitrogens with zero attached hydrogens (tertiary/aromatic N) is 7. The molecule has 16 nitrogen and oxygen atoms in total. The first-order valence-electron chi connectivity index (χ1n) is 19.1. The number of hydrogen-bond donors (Lipinski definition) is 3. The van der Waals surface area contributed by atoms with Crippen molar-refractivity contribution in [2.75, 3.05) is 41.4 Å². The van der Waals surface area contributed by atoms with Crippen molar-refractivity contribution in [1.82, 2.24) is 45.3 Å². The van der Waals surface area contributed by atoms with Crippen molar-refractivity contribution >= 4 is 47.5 Å². The molecule has 4 aromatic rings. The number of rotatable bonds is 13. The van der Waals surface area contributed by atoms with Crippen molar-refractivity contribution in [3.63, 3.8) is 0 Å². The first-order chi connectivity index (χ1) is 27.7. The van der Waals surface area contributed by atoms with Crippen LogP contribution in [-0.4, -0.2) is 118 Å². The number of alkyl carbamates (subject to hydrolysis) is 1. The van der Waals surface area contributed by atoms with Gasteiger partial charge in [-0.05, 0) is 35.8 Å². The number of halogens is 2. The molecule has 0 bridgehead atoms. The van der Waals surface area contributed by atoms with Crippen LogP contribution in [0.1, 0.15) is 64.3 Å². The summed E-state index contributed by atoms with van der Waals surface area (Å²) < 4.78 is 4.77. The molecule has 0 saturated carbocycles. The fourth-order valence-electron chi connectivity index (χ4n) is 7.43. The number of hydrazine groups is 2. The Morgan fingerprint density at radius 3 is 1.62 bits per heavy atom. The van der Waals surface area contributed by atoms with Gasteiger partial charge in [0, 0.05) is 38.3 Å². The predicted octanol–water partition coefficient (Wildman–Crippen LogP) is 6.69. The lowest BCUT2D eigenvalue weighted by Gasteiger charge is -2.33. The van der Waals surface area contributed by atoms with E-state index in [0.29, 0.717) is 59.3 Å². The average Bonchev–Trinajstić information content (AvgIpc) is 3.99. The molecule has 3 amide bonds. The number of hydrogen-bond acceptors (Lipinski definition) is 11. The molecule has 2 aromatic carbocycles. The fraction of sp³-hybridized carbons (Fsp3) is 0.450. The van der Waals surface area contributed by atoms with E-state index < -0.39 is 24.2 Å². The lowest BCUT2D eigenvalue weighted by Crippen LogP contribution is -2.54. The number of aliphatic imine (C=N–C) groups is 1. The van der Waals surface area contributed by atoms with Gasteiger partial charge in [-0.25, -0.2) is 29.8 Å². The largest absolute Gasteiger partial charge is 0.453 e. The number of aromatic nitrogens is 4. The molecular formula is C40H50Cl2N10O6. The van der Waals surface area contributed by atoms with Gasteiger partial charge in [-0.3, -0.25) is 19.6 Å². The van der Waals surface area contributed by atoms with E-state index in [2.05, 4.69) is 35.1 Å². The van der Waals surface area contributed by atoms with Crippen LogP contribution < -0.4 is 5.32 Å². The molecular weight excluding hydrogens is 787 g/mol.